The Kier molecular flexibility index (Phi) is 5.05. The quantitative estimate of drug-likeness (QED) is 0.658. The van der Waals surface area contributed by atoms with Gasteiger partial charge in [-0.3, -0.25) is 0 Å². The molecule has 3 nitrogen and oxygen atoms in total. The Bertz CT molecular complexity index is 937. The van der Waals surface area contributed by atoms with Gasteiger partial charge in [0.2, 0.25) is 0 Å². The molecule has 2 N–H and O–H groups in total. The third-order valence-corrected chi connectivity index (χ3v) is 4.98. The maximum absolute atomic E-state index is 12.8. The lowest BCUT2D eigenvalue weighted by Crippen LogP contribution is -2.37. The molecule has 0 bridgehead atoms. The van der Waals surface area contributed by atoms with E-state index in [4.69, 9.17) is 0 Å². The van der Waals surface area contributed by atoms with Gasteiger partial charge in [-0.2, -0.15) is 13.2 Å². The van der Waals surface area contributed by atoms with Crippen molar-refractivity contribution in [1.82, 2.24) is 10.3 Å². The smallest absolute Gasteiger partial charge is 0.340 e. The number of alkyl halides is 3. The third-order valence-electron chi connectivity index (χ3n) is 4.98. The summed E-state index contributed by atoms with van der Waals surface area (Å²) in [5.74, 6) is 0.705. The monoisotopic (exact) mass is 383 g/mol. The van der Waals surface area contributed by atoms with Gasteiger partial charge in [0.15, 0.2) is 0 Å². The molecule has 1 atom stereocenters. The van der Waals surface area contributed by atoms with Gasteiger partial charge in [-0.25, -0.2) is 4.98 Å². The molecular weight excluding hydrogens is 363 g/mol. The average Bonchev–Trinajstić information content (AvgIpc) is 2.69. The molecule has 6 heteroatoms. The number of anilines is 2. The summed E-state index contributed by atoms with van der Waals surface area (Å²) in [5, 5.41) is 6.75. The molecule has 2 aromatic carbocycles. The maximum Gasteiger partial charge on any atom is 0.416 e. The number of hydrogen-bond donors (Lipinski definition) is 2. The van der Waals surface area contributed by atoms with Gasteiger partial charge in [-0.05, 0) is 54.3 Å². The van der Waals surface area contributed by atoms with Crippen LogP contribution in [0.5, 0.6) is 0 Å². The van der Waals surface area contributed by atoms with Gasteiger partial charge in [0, 0.05) is 30.0 Å². The Morgan fingerprint density at radius 2 is 1.75 bits per heavy atom. The van der Waals surface area contributed by atoms with Crippen LogP contribution in [0.25, 0.3) is 0 Å². The first-order valence-electron chi connectivity index (χ1n) is 9.17. The number of fused-ring (bicyclic) bond motifs is 1. The first-order valence-corrected chi connectivity index (χ1v) is 9.17. The molecule has 0 spiro atoms. The SMILES string of the molecule is FC(F)(F)c1ccc(Nc2nccc3c2CC(Cc2ccccc2)NC3)cc1. The van der Waals surface area contributed by atoms with Crippen LogP contribution in [0.1, 0.15) is 22.3 Å². The molecule has 3 aromatic rings. The Hall–Kier alpha value is -2.86. The molecule has 1 aliphatic rings. The van der Waals surface area contributed by atoms with Gasteiger partial charge >= 0.3 is 6.18 Å². The molecular formula is C22H20F3N3. The zero-order valence-electron chi connectivity index (χ0n) is 15.1. The molecule has 0 amide bonds. The lowest BCUT2D eigenvalue weighted by Gasteiger charge is -2.28. The van der Waals surface area contributed by atoms with Crippen LogP contribution >= 0.6 is 0 Å². The predicted molar refractivity (Wildman–Crippen MR) is 103 cm³/mol. The van der Waals surface area contributed by atoms with Crippen molar-refractivity contribution in [2.45, 2.75) is 31.6 Å². The Balaban J connectivity index is 1.52. The van der Waals surface area contributed by atoms with Crippen molar-refractivity contribution in [3.8, 4) is 0 Å². The first kappa shape index (κ1) is 18.5. The van der Waals surface area contributed by atoms with E-state index >= 15 is 0 Å². The molecule has 0 aliphatic carbocycles. The van der Waals surface area contributed by atoms with Gasteiger partial charge in [0.1, 0.15) is 5.82 Å². The van der Waals surface area contributed by atoms with Gasteiger partial charge in [0.05, 0.1) is 5.56 Å². The van der Waals surface area contributed by atoms with E-state index in [-0.39, 0.29) is 6.04 Å². The van der Waals surface area contributed by atoms with Crippen LogP contribution in [-0.4, -0.2) is 11.0 Å². The minimum absolute atomic E-state index is 0.284. The van der Waals surface area contributed by atoms with Gasteiger partial charge in [0.25, 0.3) is 0 Å². The highest BCUT2D eigenvalue weighted by molar-refractivity contribution is 5.61. The fraction of sp³-hybridized carbons (Fsp3) is 0.227. The van der Waals surface area contributed by atoms with Crippen molar-refractivity contribution in [2.24, 2.45) is 0 Å². The predicted octanol–water partition coefficient (Wildman–Crippen LogP) is 5.10. The zero-order chi connectivity index (χ0) is 19.6. The highest BCUT2D eigenvalue weighted by Gasteiger charge is 2.30. The fourth-order valence-electron chi connectivity index (χ4n) is 3.53. The molecule has 4 rings (SSSR count). The Morgan fingerprint density at radius 1 is 1.00 bits per heavy atom. The van der Waals surface area contributed by atoms with Crippen LogP contribution in [0.2, 0.25) is 0 Å². The Labute approximate surface area is 161 Å². The lowest BCUT2D eigenvalue weighted by atomic mass is 9.92. The summed E-state index contributed by atoms with van der Waals surface area (Å²) in [4.78, 5) is 4.44. The van der Waals surface area contributed by atoms with Crippen LogP contribution in [0.15, 0.2) is 66.9 Å². The van der Waals surface area contributed by atoms with E-state index in [9.17, 15) is 13.2 Å². The minimum Gasteiger partial charge on any atom is -0.340 e. The van der Waals surface area contributed by atoms with Gasteiger partial charge in [-0.1, -0.05) is 30.3 Å². The highest BCUT2D eigenvalue weighted by atomic mass is 19.4. The first-order chi connectivity index (χ1) is 13.5. The molecule has 0 saturated carbocycles. The maximum atomic E-state index is 12.8. The molecule has 0 radical (unpaired) electrons. The normalized spacial score (nSPS) is 16.5. The van der Waals surface area contributed by atoms with Crippen LogP contribution < -0.4 is 10.6 Å². The summed E-state index contributed by atoms with van der Waals surface area (Å²) >= 11 is 0. The number of nitrogens with one attached hydrogen (secondary N) is 2. The molecule has 1 unspecified atom stereocenters. The third kappa shape index (κ3) is 4.17. The van der Waals surface area contributed by atoms with E-state index in [1.165, 1.54) is 17.7 Å². The highest BCUT2D eigenvalue weighted by Crippen LogP contribution is 2.31. The van der Waals surface area contributed by atoms with Crippen molar-refractivity contribution in [2.75, 3.05) is 5.32 Å². The summed E-state index contributed by atoms with van der Waals surface area (Å²) in [7, 11) is 0. The van der Waals surface area contributed by atoms with E-state index in [1.54, 1.807) is 6.20 Å². The van der Waals surface area contributed by atoms with Crippen molar-refractivity contribution in [3.63, 3.8) is 0 Å². The number of benzene rings is 2. The molecule has 1 aliphatic heterocycles. The lowest BCUT2D eigenvalue weighted by molar-refractivity contribution is -0.137. The van der Waals surface area contributed by atoms with Crippen LogP contribution in [-0.2, 0) is 25.6 Å². The average molecular weight is 383 g/mol. The van der Waals surface area contributed by atoms with Gasteiger partial charge in [-0.15, -0.1) is 0 Å². The van der Waals surface area contributed by atoms with Crippen LogP contribution in [0.3, 0.4) is 0 Å². The summed E-state index contributed by atoms with van der Waals surface area (Å²) < 4.78 is 38.3. The summed E-state index contributed by atoms with van der Waals surface area (Å²) in [5.41, 5.74) is 3.47. The van der Waals surface area contributed by atoms with E-state index in [0.717, 1.165) is 42.6 Å². The largest absolute Gasteiger partial charge is 0.416 e. The van der Waals surface area contributed by atoms with E-state index < -0.39 is 11.7 Å². The second-order valence-corrected chi connectivity index (χ2v) is 6.97. The standard InChI is InChI=1S/C22H20F3N3/c23-22(24,25)17-6-8-18(9-7-17)28-21-20-13-19(12-15-4-2-1-3-5-15)27-14-16(20)10-11-26-21/h1-11,19,27H,12-14H2,(H,26,28). The number of hydrogen-bond acceptors (Lipinski definition) is 3. The molecule has 0 saturated heterocycles. The van der Waals surface area contributed by atoms with Crippen molar-refractivity contribution in [3.05, 3.63) is 89.1 Å². The number of rotatable bonds is 4. The number of aromatic nitrogens is 1. The minimum atomic E-state index is -4.33. The van der Waals surface area contributed by atoms with Crippen molar-refractivity contribution < 1.29 is 13.2 Å². The Morgan fingerprint density at radius 3 is 2.46 bits per heavy atom. The summed E-state index contributed by atoms with van der Waals surface area (Å²) in [6.07, 6.45) is -0.889. The van der Waals surface area contributed by atoms with E-state index in [2.05, 4.69) is 27.8 Å². The molecule has 1 aromatic heterocycles. The topological polar surface area (TPSA) is 37.0 Å². The molecule has 2 heterocycles. The summed E-state index contributed by atoms with van der Waals surface area (Å²) in [6.45, 7) is 0.747. The van der Waals surface area contributed by atoms with Gasteiger partial charge < -0.3 is 10.6 Å². The number of pyridine rings is 1. The summed E-state index contributed by atoms with van der Waals surface area (Å²) in [6, 6.07) is 17.6. The number of halogens is 3. The number of nitrogens with zero attached hydrogens (tertiary/aromatic N) is 1. The van der Waals surface area contributed by atoms with Crippen molar-refractivity contribution >= 4 is 11.5 Å². The molecule has 28 heavy (non-hydrogen) atoms. The fourth-order valence-corrected chi connectivity index (χ4v) is 3.53. The van der Waals surface area contributed by atoms with E-state index in [1.807, 2.05) is 24.3 Å². The molecule has 0 fully saturated rings. The van der Waals surface area contributed by atoms with Crippen LogP contribution in [0, 0.1) is 0 Å². The van der Waals surface area contributed by atoms with Crippen LogP contribution in [0.4, 0.5) is 24.7 Å². The second kappa shape index (κ2) is 7.64. The van der Waals surface area contributed by atoms with Crippen molar-refractivity contribution in [1.29, 1.82) is 0 Å². The zero-order valence-corrected chi connectivity index (χ0v) is 15.1. The van der Waals surface area contributed by atoms with E-state index in [0.29, 0.717) is 11.5 Å². The second-order valence-electron chi connectivity index (χ2n) is 6.97. The molecule has 144 valence electrons.